The van der Waals surface area contributed by atoms with Crippen LogP contribution in [0.2, 0.25) is 0 Å². The Balaban J connectivity index is 2.12. The van der Waals surface area contributed by atoms with E-state index in [1.165, 1.54) is 11.9 Å². The second-order valence-electron chi connectivity index (χ2n) is 13.8. The molecule has 5 N–H and O–H groups in total. The first kappa shape index (κ1) is 35.8. The second-order valence-corrected chi connectivity index (χ2v) is 14.5. The number of amides is 5. The van der Waals surface area contributed by atoms with E-state index in [0.29, 0.717) is 44.8 Å². The zero-order chi connectivity index (χ0) is 31.8. The highest BCUT2D eigenvalue weighted by molar-refractivity contribution is 7.77. The van der Waals surface area contributed by atoms with Crippen LogP contribution < -0.4 is 26.6 Å². The normalized spacial score (nSPS) is 19.6. The van der Waals surface area contributed by atoms with Gasteiger partial charge in [-0.1, -0.05) is 67.2 Å². The van der Waals surface area contributed by atoms with Crippen LogP contribution in [0.4, 0.5) is 4.79 Å². The summed E-state index contributed by atoms with van der Waals surface area (Å²) in [6.07, 6.45) is 3.37. The molecule has 42 heavy (non-hydrogen) atoms. The van der Waals surface area contributed by atoms with Gasteiger partial charge in [0.05, 0.1) is 6.04 Å². The lowest BCUT2D eigenvalue weighted by Gasteiger charge is -2.37. The zero-order valence-electron chi connectivity index (χ0n) is 26.6. The van der Waals surface area contributed by atoms with Crippen molar-refractivity contribution in [3.63, 3.8) is 0 Å². The predicted octanol–water partition coefficient (Wildman–Crippen LogP) is 1.07. The van der Waals surface area contributed by atoms with Crippen molar-refractivity contribution in [2.45, 2.75) is 97.8 Å². The highest BCUT2D eigenvalue weighted by atomic mass is 32.1. The Hall–Kier alpha value is -2.38. The maximum atomic E-state index is 13.9. The fourth-order valence-electron chi connectivity index (χ4n) is 4.98. The van der Waals surface area contributed by atoms with Gasteiger partial charge in [-0.15, -0.1) is 0 Å². The summed E-state index contributed by atoms with van der Waals surface area (Å²) in [5, 5.41) is 14.4. The zero-order valence-corrected chi connectivity index (χ0v) is 27.5. The number of nitrogens with zero attached hydrogens (tertiary/aromatic N) is 2. The minimum atomic E-state index is -0.930. The third-order valence-corrected chi connectivity index (χ3v) is 8.09. The van der Waals surface area contributed by atoms with Crippen LogP contribution in [0.5, 0.6) is 0 Å². The summed E-state index contributed by atoms with van der Waals surface area (Å²) in [5.74, 6) is -1.93. The number of hydrogen-bond donors (Lipinski definition) is 6. The van der Waals surface area contributed by atoms with E-state index in [2.05, 4.69) is 39.4 Å². The fourth-order valence-corrected chi connectivity index (χ4v) is 5.08. The fraction of sp³-hybridized carbons (Fsp3) is 0.828. The highest BCUT2D eigenvalue weighted by Gasteiger charge is 2.43. The topological polar surface area (TPSA) is 152 Å². The Morgan fingerprint density at radius 2 is 1.60 bits per heavy atom. The average Bonchev–Trinajstić information content (AvgIpc) is 3.56. The Kier molecular flexibility index (Phi) is 13.1. The Labute approximate surface area is 256 Å². The monoisotopic (exact) mass is 611 g/mol. The van der Waals surface area contributed by atoms with Gasteiger partial charge < -0.3 is 31.5 Å². The lowest BCUT2D eigenvalue weighted by atomic mass is 9.85. The Morgan fingerprint density at radius 1 is 0.952 bits per heavy atom. The number of nitrogens with one attached hydrogen (secondary N) is 5. The molecule has 4 atom stereocenters. The van der Waals surface area contributed by atoms with Gasteiger partial charge in [0.25, 0.3) is 5.91 Å². The van der Waals surface area contributed by atoms with Crippen molar-refractivity contribution in [2.75, 3.05) is 40.3 Å². The number of carbonyl (C=O) groups excluding carboxylic acids is 5. The lowest BCUT2D eigenvalue weighted by molar-refractivity contribution is -0.143. The molecule has 0 spiro atoms. The van der Waals surface area contributed by atoms with Crippen molar-refractivity contribution in [1.82, 2.24) is 35.8 Å². The standard InChI is InChI=1S/C29H53N7O5S/c1-28(2,3)21(17-31-13-15-35(8)42)33-27(41)34-23(29(4,5)6)26(40)36-14-9-10-20(36)24(38)32-19(16-18-11-12-18)22(37)25(39)30-7/h18-21,23,31,42H,9-17H2,1-8H3,(H,30,39)(H,32,38)(H2,33,34,41). The van der Waals surface area contributed by atoms with Gasteiger partial charge in [0, 0.05) is 39.3 Å². The smallest absolute Gasteiger partial charge is 0.315 e. The molecule has 240 valence electrons. The van der Waals surface area contributed by atoms with E-state index in [1.54, 1.807) is 4.31 Å². The molecule has 4 unspecified atom stereocenters. The number of likely N-dealkylation sites (tertiary alicyclic amines) is 1. The minimum Gasteiger partial charge on any atom is -0.353 e. The number of carbonyl (C=O) groups is 5. The molecule has 1 saturated heterocycles. The van der Waals surface area contributed by atoms with Crippen LogP contribution in [0.1, 0.15) is 73.6 Å². The van der Waals surface area contributed by atoms with Crippen molar-refractivity contribution >= 4 is 42.4 Å². The predicted molar refractivity (Wildman–Crippen MR) is 166 cm³/mol. The maximum absolute atomic E-state index is 13.9. The first-order valence-corrected chi connectivity index (χ1v) is 15.4. The number of urea groups is 1. The van der Waals surface area contributed by atoms with Crippen LogP contribution in [-0.4, -0.2) is 103 Å². The first-order valence-electron chi connectivity index (χ1n) is 15.0. The number of likely N-dealkylation sites (N-methyl/N-ethyl adjacent to an activating group) is 2. The van der Waals surface area contributed by atoms with Gasteiger partial charge in [-0.05, 0) is 43.1 Å². The largest absolute Gasteiger partial charge is 0.353 e. The molecule has 0 aromatic rings. The summed E-state index contributed by atoms with van der Waals surface area (Å²) < 4.78 is 1.78. The molecule has 1 heterocycles. The van der Waals surface area contributed by atoms with E-state index < -0.39 is 47.2 Å². The summed E-state index contributed by atoms with van der Waals surface area (Å²) in [4.78, 5) is 66.8. The quantitative estimate of drug-likeness (QED) is 0.0977. The van der Waals surface area contributed by atoms with Crippen LogP contribution >= 0.6 is 12.8 Å². The van der Waals surface area contributed by atoms with E-state index >= 15 is 0 Å². The lowest BCUT2D eigenvalue weighted by Crippen LogP contribution is -2.61. The summed E-state index contributed by atoms with van der Waals surface area (Å²) in [6, 6.07) is -3.29. The summed E-state index contributed by atoms with van der Waals surface area (Å²) >= 11 is 4.25. The third kappa shape index (κ3) is 11.0. The molecule has 0 radical (unpaired) electrons. The van der Waals surface area contributed by atoms with E-state index in [0.717, 1.165) is 19.4 Å². The first-order chi connectivity index (χ1) is 19.4. The molecule has 1 aliphatic heterocycles. The molecule has 2 rings (SSSR count). The molecular formula is C29H53N7O5S. The molecule has 1 aliphatic carbocycles. The maximum Gasteiger partial charge on any atom is 0.315 e. The number of hydrogen-bond acceptors (Lipinski definition) is 8. The number of rotatable bonds is 14. The Morgan fingerprint density at radius 3 is 2.12 bits per heavy atom. The molecule has 0 bridgehead atoms. The van der Waals surface area contributed by atoms with Gasteiger partial charge in [0.2, 0.25) is 17.6 Å². The number of Topliss-reactive ketones (excluding diaryl/α,β-unsaturated/α-hetero) is 1. The molecule has 2 aliphatic rings. The van der Waals surface area contributed by atoms with Crippen molar-refractivity contribution in [1.29, 1.82) is 0 Å². The van der Waals surface area contributed by atoms with E-state index in [4.69, 9.17) is 0 Å². The van der Waals surface area contributed by atoms with Gasteiger partial charge >= 0.3 is 6.03 Å². The molecule has 1 saturated carbocycles. The summed E-state index contributed by atoms with van der Waals surface area (Å²) in [7, 11) is 3.25. The third-order valence-electron chi connectivity index (χ3n) is 7.89. The molecule has 0 aromatic heterocycles. The average molecular weight is 612 g/mol. The van der Waals surface area contributed by atoms with Crippen LogP contribution in [0, 0.1) is 16.7 Å². The SMILES string of the molecule is CNC(=O)C(=O)C(CC1CC1)NC(=O)C1CCCN1C(=O)C(NC(=O)NC(CNCCN(C)S)C(C)(C)C)C(C)(C)C. The van der Waals surface area contributed by atoms with Crippen LogP contribution in [0.3, 0.4) is 0 Å². The number of ketones is 1. The molecule has 13 heteroatoms. The van der Waals surface area contributed by atoms with Crippen molar-refractivity contribution in [3.8, 4) is 0 Å². The minimum absolute atomic E-state index is 0.218. The highest BCUT2D eigenvalue weighted by Crippen LogP contribution is 2.34. The van der Waals surface area contributed by atoms with Gasteiger partial charge in [-0.3, -0.25) is 23.5 Å². The molecule has 5 amide bonds. The molecule has 12 nitrogen and oxygen atoms in total. The van der Waals surface area contributed by atoms with E-state index in [-0.39, 0.29) is 17.4 Å². The van der Waals surface area contributed by atoms with Crippen LogP contribution in [0.15, 0.2) is 0 Å². The van der Waals surface area contributed by atoms with Gasteiger partial charge in [-0.25, -0.2) is 4.79 Å². The van der Waals surface area contributed by atoms with Gasteiger partial charge in [0.15, 0.2) is 0 Å². The molecular weight excluding hydrogens is 558 g/mol. The number of thiol groups is 1. The second kappa shape index (κ2) is 15.4. The van der Waals surface area contributed by atoms with E-state index in [1.807, 2.05) is 48.6 Å². The molecule has 2 fully saturated rings. The summed E-state index contributed by atoms with van der Waals surface area (Å²) in [5.41, 5.74) is -0.895. The molecule has 0 aromatic carbocycles. The van der Waals surface area contributed by atoms with Crippen LogP contribution in [0.25, 0.3) is 0 Å². The van der Waals surface area contributed by atoms with Gasteiger partial charge in [-0.2, -0.15) is 0 Å². The summed E-state index contributed by atoms with van der Waals surface area (Å²) in [6.45, 7) is 14.0. The van der Waals surface area contributed by atoms with Crippen molar-refractivity contribution < 1.29 is 24.0 Å². The van der Waals surface area contributed by atoms with Crippen LogP contribution in [-0.2, 0) is 19.2 Å². The Bertz CT molecular complexity index is 974. The van der Waals surface area contributed by atoms with Gasteiger partial charge in [0.1, 0.15) is 12.1 Å². The van der Waals surface area contributed by atoms with Crippen molar-refractivity contribution in [2.24, 2.45) is 16.7 Å². The van der Waals surface area contributed by atoms with E-state index in [9.17, 15) is 24.0 Å². The van der Waals surface area contributed by atoms with Crippen molar-refractivity contribution in [3.05, 3.63) is 0 Å².